The number of benzene rings is 2. The first-order valence-electron chi connectivity index (χ1n) is 6.81. The van der Waals surface area contributed by atoms with E-state index in [0.717, 1.165) is 39.1 Å². The van der Waals surface area contributed by atoms with E-state index >= 15 is 0 Å². The molecule has 3 rings (SSSR count). The molecule has 0 aliphatic heterocycles. The van der Waals surface area contributed by atoms with Crippen molar-refractivity contribution < 1.29 is 9.47 Å². The van der Waals surface area contributed by atoms with Crippen LogP contribution in [-0.4, -0.2) is 19.2 Å². The summed E-state index contributed by atoms with van der Waals surface area (Å²) in [7, 11) is 3.30. The lowest BCUT2D eigenvalue weighted by Gasteiger charge is -2.13. The van der Waals surface area contributed by atoms with Crippen molar-refractivity contribution in [2.45, 2.75) is 6.92 Å². The Kier molecular flexibility index (Phi) is 3.48. The summed E-state index contributed by atoms with van der Waals surface area (Å²) in [6.07, 6.45) is 1.90. The van der Waals surface area contributed by atoms with Gasteiger partial charge in [0.15, 0.2) is 11.5 Å². The van der Waals surface area contributed by atoms with E-state index in [1.807, 2.05) is 36.5 Å². The molecular formula is C18H17NO2. The fraction of sp³-hybridized carbons (Fsp3) is 0.167. The predicted octanol–water partition coefficient (Wildman–Crippen LogP) is 4.23. The van der Waals surface area contributed by atoms with Crippen LogP contribution in [0.1, 0.15) is 5.56 Å². The highest BCUT2D eigenvalue weighted by Crippen LogP contribution is 2.37. The third-order valence-corrected chi connectivity index (χ3v) is 3.64. The molecule has 0 N–H and O–H groups in total. The molecule has 0 saturated carbocycles. The first-order chi connectivity index (χ1) is 10.2. The van der Waals surface area contributed by atoms with E-state index in [9.17, 15) is 0 Å². The number of pyridine rings is 1. The van der Waals surface area contributed by atoms with Gasteiger partial charge in [0, 0.05) is 17.1 Å². The van der Waals surface area contributed by atoms with Crippen LogP contribution in [0.25, 0.3) is 22.0 Å². The summed E-state index contributed by atoms with van der Waals surface area (Å²) in [5, 5.41) is 2.19. The normalized spacial score (nSPS) is 10.6. The van der Waals surface area contributed by atoms with Crippen molar-refractivity contribution in [2.24, 2.45) is 0 Å². The van der Waals surface area contributed by atoms with Crippen LogP contribution in [0.15, 0.2) is 48.7 Å². The summed E-state index contributed by atoms with van der Waals surface area (Å²) in [5.74, 6) is 1.45. The van der Waals surface area contributed by atoms with E-state index in [1.54, 1.807) is 14.2 Å². The maximum atomic E-state index is 5.42. The number of fused-ring (bicyclic) bond motifs is 1. The van der Waals surface area contributed by atoms with E-state index in [-0.39, 0.29) is 0 Å². The zero-order chi connectivity index (χ0) is 14.8. The molecule has 0 aliphatic rings. The van der Waals surface area contributed by atoms with E-state index in [4.69, 9.17) is 9.47 Å². The molecule has 0 fully saturated rings. The van der Waals surface area contributed by atoms with Crippen LogP contribution in [0, 0.1) is 6.92 Å². The third-order valence-electron chi connectivity index (χ3n) is 3.64. The molecule has 3 heteroatoms. The molecule has 3 nitrogen and oxygen atoms in total. The number of aromatic nitrogens is 1. The molecule has 0 amide bonds. The highest BCUT2D eigenvalue weighted by atomic mass is 16.5. The second-order valence-electron chi connectivity index (χ2n) is 4.91. The number of methoxy groups -OCH3 is 2. The Morgan fingerprint density at radius 2 is 1.48 bits per heavy atom. The maximum Gasteiger partial charge on any atom is 0.161 e. The first-order valence-corrected chi connectivity index (χ1v) is 6.81. The smallest absolute Gasteiger partial charge is 0.161 e. The molecule has 21 heavy (non-hydrogen) atoms. The van der Waals surface area contributed by atoms with E-state index in [1.165, 1.54) is 0 Å². The summed E-state index contributed by atoms with van der Waals surface area (Å²) in [5.41, 5.74) is 3.16. The Bertz CT molecular complexity index is 782. The standard InChI is InChI=1S/C18H17NO2/c1-12-11-19-18(13-7-5-4-6-8-13)15-10-17(21-3)16(20-2)9-14(12)15/h4-11H,1-3H3. The maximum absolute atomic E-state index is 5.42. The predicted molar refractivity (Wildman–Crippen MR) is 85.0 cm³/mol. The summed E-state index contributed by atoms with van der Waals surface area (Å²) in [6.45, 7) is 2.05. The van der Waals surface area contributed by atoms with Crippen LogP contribution in [0.5, 0.6) is 11.5 Å². The summed E-state index contributed by atoms with van der Waals surface area (Å²) >= 11 is 0. The van der Waals surface area contributed by atoms with Crippen molar-refractivity contribution in [1.82, 2.24) is 4.98 Å². The zero-order valence-corrected chi connectivity index (χ0v) is 12.4. The van der Waals surface area contributed by atoms with Gasteiger partial charge >= 0.3 is 0 Å². The number of hydrogen-bond donors (Lipinski definition) is 0. The molecule has 1 heterocycles. The lowest BCUT2D eigenvalue weighted by Crippen LogP contribution is -1.94. The van der Waals surface area contributed by atoms with Crippen molar-refractivity contribution in [1.29, 1.82) is 0 Å². The molecule has 2 aromatic carbocycles. The van der Waals surface area contributed by atoms with Gasteiger partial charge in [-0.1, -0.05) is 30.3 Å². The van der Waals surface area contributed by atoms with Crippen molar-refractivity contribution in [3.63, 3.8) is 0 Å². The molecule has 0 spiro atoms. The van der Waals surface area contributed by atoms with Gasteiger partial charge in [0.1, 0.15) is 0 Å². The van der Waals surface area contributed by atoms with Crippen molar-refractivity contribution in [3.05, 3.63) is 54.2 Å². The molecule has 0 unspecified atom stereocenters. The molecule has 106 valence electrons. The van der Waals surface area contributed by atoms with Gasteiger partial charge in [-0.2, -0.15) is 0 Å². The van der Waals surface area contributed by atoms with Gasteiger partial charge in [0.05, 0.1) is 19.9 Å². The van der Waals surface area contributed by atoms with Crippen LogP contribution in [0.2, 0.25) is 0 Å². The van der Waals surface area contributed by atoms with Gasteiger partial charge in [-0.05, 0) is 30.0 Å². The Morgan fingerprint density at radius 3 is 2.10 bits per heavy atom. The average molecular weight is 279 g/mol. The minimum Gasteiger partial charge on any atom is -0.493 e. The number of rotatable bonds is 3. The van der Waals surface area contributed by atoms with E-state index < -0.39 is 0 Å². The van der Waals surface area contributed by atoms with Crippen LogP contribution in [0.3, 0.4) is 0 Å². The van der Waals surface area contributed by atoms with Crippen LogP contribution in [-0.2, 0) is 0 Å². The number of ether oxygens (including phenoxy) is 2. The largest absolute Gasteiger partial charge is 0.493 e. The van der Waals surface area contributed by atoms with Crippen LogP contribution >= 0.6 is 0 Å². The molecule has 0 radical (unpaired) electrons. The molecule has 3 aromatic rings. The quantitative estimate of drug-likeness (QED) is 0.719. The fourth-order valence-electron chi connectivity index (χ4n) is 2.53. The highest BCUT2D eigenvalue weighted by molar-refractivity contribution is 5.98. The fourth-order valence-corrected chi connectivity index (χ4v) is 2.53. The van der Waals surface area contributed by atoms with Crippen LogP contribution in [0.4, 0.5) is 0 Å². The summed E-state index contributed by atoms with van der Waals surface area (Å²) in [6, 6.07) is 14.2. The molecule has 1 aromatic heterocycles. The Balaban J connectivity index is 2.35. The van der Waals surface area contributed by atoms with Gasteiger partial charge in [0.25, 0.3) is 0 Å². The second-order valence-corrected chi connectivity index (χ2v) is 4.91. The van der Waals surface area contributed by atoms with Crippen molar-refractivity contribution in [2.75, 3.05) is 14.2 Å². The minimum atomic E-state index is 0.717. The molecular weight excluding hydrogens is 262 g/mol. The number of aryl methyl sites for hydroxylation is 1. The molecule has 0 aliphatic carbocycles. The van der Waals surface area contributed by atoms with E-state index in [0.29, 0.717) is 0 Å². The topological polar surface area (TPSA) is 31.4 Å². The Hall–Kier alpha value is -2.55. The number of hydrogen-bond acceptors (Lipinski definition) is 3. The Labute approximate surface area is 124 Å². The second kappa shape index (κ2) is 5.44. The van der Waals surface area contributed by atoms with Crippen LogP contribution < -0.4 is 9.47 Å². The van der Waals surface area contributed by atoms with Gasteiger partial charge < -0.3 is 9.47 Å². The van der Waals surface area contributed by atoms with Gasteiger partial charge in [-0.3, -0.25) is 4.98 Å². The van der Waals surface area contributed by atoms with Crippen molar-refractivity contribution in [3.8, 4) is 22.8 Å². The molecule has 0 saturated heterocycles. The summed E-state index contributed by atoms with van der Waals surface area (Å²) in [4.78, 5) is 4.61. The average Bonchev–Trinajstić information content (AvgIpc) is 2.55. The van der Waals surface area contributed by atoms with Gasteiger partial charge in [-0.25, -0.2) is 0 Å². The lowest BCUT2D eigenvalue weighted by atomic mass is 10.0. The number of nitrogens with zero attached hydrogens (tertiary/aromatic N) is 1. The lowest BCUT2D eigenvalue weighted by molar-refractivity contribution is 0.356. The molecule has 0 atom stereocenters. The van der Waals surface area contributed by atoms with E-state index in [2.05, 4.69) is 24.0 Å². The van der Waals surface area contributed by atoms with Gasteiger partial charge in [0.2, 0.25) is 0 Å². The van der Waals surface area contributed by atoms with Crippen molar-refractivity contribution >= 4 is 10.8 Å². The highest BCUT2D eigenvalue weighted by Gasteiger charge is 2.12. The van der Waals surface area contributed by atoms with Gasteiger partial charge in [-0.15, -0.1) is 0 Å². The third kappa shape index (κ3) is 2.31. The SMILES string of the molecule is COc1cc2c(C)cnc(-c3ccccc3)c2cc1OC. The Morgan fingerprint density at radius 1 is 0.857 bits per heavy atom. The monoisotopic (exact) mass is 279 g/mol. The summed E-state index contributed by atoms with van der Waals surface area (Å²) < 4.78 is 10.8. The first kappa shape index (κ1) is 13.4. The minimum absolute atomic E-state index is 0.717. The molecule has 0 bridgehead atoms. The zero-order valence-electron chi connectivity index (χ0n) is 12.4.